The Kier molecular flexibility index (Phi) is 3.45. The number of aromatic amines is 1. The smallest absolute Gasteiger partial charge is 0.244 e. The topological polar surface area (TPSA) is 80.1 Å². The predicted octanol–water partition coefficient (Wildman–Crippen LogP) is 1.01. The minimum Gasteiger partial charge on any atom is -0.367 e. The third kappa shape index (κ3) is 2.47. The summed E-state index contributed by atoms with van der Waals surface area (Å²) >= 11 is 0. The van der Waals surface area contributed by atoms with E-state index in [1.54, 1.807) is 0 Å². The second-order valence-corrected chi connectivity index (χ2v) is 5.83. The number of nitrogens with two attached hydrogens (primary N) is 1. The van der Waals surface area contributed by atoms with Gasteiger partial charge >= 0.3 is 0 Å². The summed E-state index contributed by atoms with van der Waals surface area (Å²) in [4.78, 5) is 6.88. The van der Waals surface area contributed by atoms with Crippen molar-refractivity contribution in [3.63, 3.8) is 0 Å². The second-order valence-electron chi connectivity index (χ2n) is 5.83. The molecule has 1 aromatic rings. The highest BCUT2D eigenvalue weighted by Crippen LogP contribution is 2.34. The average molecular weight is 265 g/mol. The summed E-state index contributed by atoms with van der Waals surface area (Å²) in [5.74, 6) is 2.33. The highest BCUT2D eigenvalue weighted by Gasteiger charge is 2.35. The summed E-state index contributed by atoms with van der Waals surface area (Å²) in [6, 6.07) is 0. The first kappa shape index (κ1) is 12.9. The molecule has 3 N–H and O–H groups in total. The van der Waals surface area contributed by atoms with Gasteiger partial charge in [0.1, 0.15) is 5.60 Å². The van der Waals surface area contributed by atoms with Crippen molar-refractivity contribution < 1.29 is 4.74 Å². The predicted molar refractivity (Wildman–Crippen MR) is 72.9 cm³/mol. The van der Waals surface area contributed by atoms with Gasteiger partial charge in [0, 0.05) is 19.7 Å². The third-order valence-electron chi connectivity index (χ3n) is 4.42. The molecule has 0 amide bonds. The largest absolute Gasteiger partial charge is 0.367 e. The van der Waals surface area contributed by atoms with Gasteiger partial charge < -0.3 is 15.4 Å². The van der Waals surface area contributed by atoms with E-state index in [1.165, 1.54) is 0 Å². The van der Waals surface area contributed by atoms with Crippen molar-refractivity contribution >= 4 is 5.95 Å². The minimum absolute atomic E-state index is 0.277. The van der Waals surface area contributed by atoms with E-state index >= 15 is 0 Å². The Bertz CT molecular complexity index is 418. The average Bonchev–Trinajstić information content (AvgIpc) is 3.08. The van der Waals surface area contributed by atoms with Crippen LogP contribution in [0, 0.1) is 5.92 Å². The molecule has 6 heteroatoms. The molecule has 3 rings (SSSR count). The number of anilines is 1. The number of piperidine rings is 1. The number of nitrogens with one attached hydrogen (secondary N) is 1. The van der Waals surface area contributed by atoms with Crippen molar-refractivity contribution in [3.05, 3.63) is 5.82 Å². The van der Waals surface area contributed by atoms with E-state index < -0.39 is 0 Å². The van der Waals surface area contributed by atoms with Crippen LogP contribution in [0.3, 0.4) is 0 Å². The quantitative estimate of drug-likeness (QED) is 0.852. The SMILES string of the molecule is CC1(c2nc(N3CCC(CN)CC3)n[nH]2)CCCO1. The lowest BCUT2D eigenvalue weighted by Crippen LogP contribution is -2.36. The van der Waals surface area contributed by atoms with Gasteiger partial charge in [-0.05, 0) is 45.1 Å². The van der Waals surface area contributed by atoms with Crippen LogP contribution in [-0.2, 0) is 10.3 Å². The van der Waals surface area contributed by atoms with Crippen LogP contribution in [0.2, 0.25) is 0 Å². The minimum atomic E-state index is -0.277. The summed E-state index contributed by atoms with van der Waals surface area (Å²) in [6.07, 6.45) is 4.37. The van der Waals surface area contributed by atoms with Crippen molar-refractivity contribution in [2.24, 2.45) is 11.7 Å². The standard InChI is InChI=1S/C13H23N5O/c1-13(5-2-8-19-13)11-15-12(17-16-11)18-6-3-10(9-14)4-7-18/h10H,2-9,14H2,1H3,(H,15,16,17). The molecule has 19 heavy (non-hydrogen) atoms. The van der Waals surface area contributed by atoms with Crippen LogP contribution >= 0.6 is 0 Å². The van der Waals surface area contributed by atoms with E-state index in [9.17, 15) is 0 Å². The molecule has 0 aromatic carbocycles. The van der Waals surface area contributed by atoms with Gasteiger partial charge in [-0.2, -0.15) is 4.98 Å². The molecule has 0 spiro atoms. The van der Waals surface area contributed by atoms with Gasteiger partial charge in [0.25, 0.3) is 0 Å². The van der Waals surface area contributed by atoms with Gasteiger partial charge in [-0.3, -0.25) is 5.10 Å². The summed E-state index contributed by atoms with van der Waals surface area (Å²) in [5, 5.41) is 7.42. The number of hydrogen-bond acceptors (Lipinski definition) is 5. The van der Waals surface area contributed by atoms with Crippen LogP contribution < -0.4 is 10.6 Å². The van der Waals surface area contributed by atoms with E-state index in [4.69, 9.17) is 10.5 Å². The van der Waals surface area contributed by atoms with Crippen molar-refractivity contribution in [2.75, 3.05) is 31.1 Å². The van der Waals surface area contributed by atoms with Gasteiger partial charge in [0.15, 0.2) is 5.82 Å². The molecule has 6 nitrogen and oxygen atoms in total. The second kappa shape index (κ2) is 5.09. The van der Waals surface area contributed by atoms with Gasteiger partial charge in [0.05, 0.1) is 0 Å². The molecule has 1 unspecified atom stereocenters. The normalized spacial score (nSPS) is 29.1. The Morgan fingerprint density at radius 3 is 2.89 bits per heavy atom. The van der Waals surface area contributed by atoms with Crippen molar-refractivity contribution in [1.29, 1.82) is 0 Å². The molecular weight excluding hydrogens is 242 g/mol. The Labute approximate surface area is 113 Å². The number of nitrogens with zero attached hydrogens (tertiary/aromatic N) is 3. The number of ether oxygens (including phenoxy) is 1. The Morgan fingerprint density at radius 2 is 2.26 bits per heavy atom. The summed E-state index contributed by atoms with van der Waals surface area (Å²) in [5.41, 5.74) is 5.44. The van der Waals surface area contributed by atoms with Gasteiger partial charge in [-0.15, -0.1) is 5.10 Å². The van der Waals surface area contributed by atoms with Crippen molar-refractivity contribution in [1.82, 2.24) is 15.2 Å². The monoisotopic (exact) mass is 265 g/mol. The molecule has 0 bridgehead atoms. The van der Waals surface area contributed by atoms with E-state index in [0.717, 1.165) is 63.7 Å². The number of rotatable bonds is 3. The molecule has 2 aliphatic rings. The zero-order valence-electron chi connectivity index (χ0n) is 11.6. The van der Waals surface area contributed by atoms with Crippen LogP contribution in [-0.4, -0.2) is 41.4 Å². The molecule has 0 radical (unpaired) electrons. The van der Waals surface area contributed by atoms with Crippen molar-refractivity contribution in [2.45, 2.75) is 38.2 Å². The van der Waals surface area contributed by atoms with E-state index in [-0.39, 0.29) is 5.60 Å². The highest BCUT2D eigenvalue weighted by atomic mass is 16.5. The molecule has 2 aliphatic heterocycles. The third-order valence-corrected chi connectivity index (χ3v) is 4.42. The van der Waals surface area contributed by atoms with E-state index in [1.807, 2.05) is 0 Å². The molecule has 0 saturated carbocycles. The number of aromatic nitrogens is 3. The molecule has 0 aliphatic carbocycles. The summed E-state index contributed by atoms with van der Waals surface area (Å²) in [6.45, 7) is 5.69. The van der Waals surface area contributed by atoms with Crippen LogP contribution in [0.15, 0.2) is 0 Å². The van der Waals surface area contributed by atoms with Gasteiger partial charge in [0.2, 0.25) is 5.95 Å². The Hall–Kier alpha value is -1.14. The number of hydrogen-bond donors (Lipinski definition) is 2. The van der Waals surface area contributed by atoms with Crippen LogP contribution in [0.25, 0.3) is 0 Å². The maximum atomic E-state index is 5.79. The van der Waals surface area contributed by atoms with Crippen LogP contribution in [0.5, 0.6) is 0 Å². The molecular formula is C13H23N5O. The maximum Gasteiger partial charge on any atom is 0.244 e. The molecule has 106 valence electrons. The number of H-pyrrole nitrogens is 1. The lowest BCUT2D eigenvalue weighted by Gasteiger charge is -2.30. The lowest BCUT2D eigenvalue weighted by atomic mass is 9.97. The fourth-order valence-electron chi connectivity index (χ4n) is 2.97. The van der Waals surface area contributed by atoms with Crippen molar-refractivity contribution in [3.8, 4) is 0 Å². The fourth-order valence-corrected chi connectivity index (χ4v) is 2.97. The van der Waals surface area contributed by atoms with Gasteiger partial charge in [-0.1, -0.05) is 0 Å². The summed E-state index contributed by atoms with van der Waals surface area (Å²) in [7, 11) is 0. The van der Waals surface area contributed by atoms with Crippen LogP contribution in [0.4, 0.5) is 5.95 Å². The van der Waals surface area contributed by atoms with Crippen LogP contribution in [0.1, 0.15) is 38.4 Å². The molecule has 3 heterocycles. The highest BCUT2D eigenvalue weighted by molar-refractivity contribution is 5.30. The molecule has 1 atom stereocenters. The maximum absolute atomic E-state index is 5.79. The zero-order chi connectivity index (χ0) is 13.3. The molecule has 2 saturated heterocycles. The Balaban J connectivity index is 1.68. The lowest BCUT2D eigenvalue weighted by molar-refractivity contribution is 0.00966. The first-order valence-corrected chi connectivity index (χ1v) is 7.23. The van der Waals surface area contributed by atoms with Gasteiger partial charge in [-0.25, -0.2) is 0 Å². The van der Waals surface area contributed by atoms with E-state index in [2.05, 4.69) is 27.0 Å². The molecule has 1 aromatic heterocycles. The van der Waals surface area contributed by atoms with E-state index in [0.29, 0.717) is 5.92 Å². The first-order chi connectivity index (χ1) is 9.21. The first-order valence-electron chi connectivity index (χ1n) is 7.23. The fraction of sp³-hybridized carbons (Fsp3) is 0.846. The Morgan fingerprint density at radius 1 is 1.47 bits per heavy atom. The summed E-state index contributed by atoms with van der Waals surface area (Å²) < 4.78 is 5.79. The molecule has 2 fully saturated rings. The zero-order valence-corrected chi connectivity index (χ0v) is 11.6.